The molecule has 0 saturated heterocycles. The van der Waals surface area contributed by atoms with E-state index in [0.717, 1.165) is 40.7 Å². The summed E-state index contributed by atoms with van der Waals surface area (Å²) < 4.78 is 5.28. The van der Waals surface area contributed by atoms with E-state index in [0.29, 0.717) is 6.04 Å². The van der Waals surface area contributed by atoms with Crippen molar-refractivity contribution in [1.29, 1.82) is 0 Å². The van der Waals surface area contributed by atoms with Crippen LogP contribution >= 0.6 is 11.3 Å². The van der Waals surface area contributed by atoms with Crippen molar-refractivity contribution in [3.63, 3.8) is 0 Å². The fourth-order valence-corrected chi connectivity index (χ4v) is 2.52. The number of nitrogens with one attached hydrogen (secondary N) is 1. The lowest BCUT2D eigenvalue weighted by atomic mass is 10.3. The lowest BCUT2D eigenvalue weighted by Gasteiger charge is -2.05. The van der Waals surface area contributed by atoms with E-state index in [4.69, 9.17) is 4.42 Å². The maximum atomic E-state index is 5.28. The van der Waals surface area contributed by atoms with Crippen LogP contribution in [0.5, 0.6) is 0 Å². The predicted octanol–water partition coefficient (Wildman–Crippen LogP) is 3.04. The first-order valence-corrected chi connectivity index (χ1v) is 7.08. The van der Waals surface area contributed by atoms with Crippen molar-refractivity contribution in [1.82, 2.24) is 15.5 Å². The summed E-state index contributed by atoms with van der Waals surface area (Å²) in [6, 6.07) is 2.54. The van der Waals surface area contributed by atoms with Crippen LogP contribution < -0.4 is 5.32 Å². The lowest BCUT2D eigenvalue weighted by molar-refractivity contribution is 0.535. The van der Waals surface area contributed by atoms with Gasteiger partial charge in [0.25, 0.3) is 0 Å². The molecule has 0 amide bonds. The SMILES string of the molecule is Cc1cc(-c2nnc(CCCNC(C)C)s2)co1. The number of hydrogen-bond acceptors (Lipinski definition) is 5. The second-order valence-corrected chi connectivity index (χ2v) is 5.72. The van der Waals surface area contributed by atoms with Crippen molar-refractivity contribution in [2.45, 2.75) is 39.7 Å². The first kappa shape index (κ1) is 13.2. The molecule has 5 heteroatoms. The van der Waals surface area contributed by atoms with E-state index in [-0.39, 0.29) is 0 Å². The van der Waals surface area contributed by atoms with Gasteiger partial charge in [0.2, 0.25) is 0 Å². The number of aryl methyl sites for hydroxylation is 2. The molecule has 2 heterocycles. The summed E-state index contributed by atoms with van der Waals surface area (Å²) in [5.74, 6) is 0.905. The van der Waals surface area contributed by atoms with Gasteiger partial charge in [-0.05, 0) is 26.0 Å². The summed E-state index contributed by atoms with van der Waals surface area (Å²) in [5, 5.41) is 13.9. The molecule has 2 rings (SSSR count). The lowest BCUT2D eigenvalue weighted by Crippen LogP contribution is -2.23. The van der Waals surface area contributed by atoms with Gasteiger partial charge in [0.05, 0.1) is 5.56 Å². The molecule has 18 heavy (non-hydrogen) atoms. The summed E-state index contributed by atoms with van der Waals surface area (Å²) >= 11 is 1.65. The summed E-state index contributed by atoms with van der Waals surface area (Å²) in [6.45, 7) is 7.27. The molecule has 1 N–H and O–H groups in total. The van der Waals surface area contributed by atoms with Crippen LogP contribution in [0.25, 0.3) is 10.6 Å². The van der Waals surface area contributed by atoms with Crippen LogP contribution in [0.1, 0.15) is 31.0 Å². The van der Waals surface area contributed by atoms with Gasteiger partial charge in [-0.2, -0.15) is 0 Å². The van der Waals surface area contributed by atoms with Gasteiger partial charge in [0.15, 0.2) is 5.01 Å². The summed E-state index contributed by atoms with van der Waals surface area (Å²) in [7, 11) is 0. The summed E-state index contributed by atoms with van der Waals surface area (Å²) in [6.07, 6.45) is 3.81. The standard InChI is InChI=1S/C13H19N3OS/c1-9(2)14-6-4-5-12-15-16-13(18-12)11-7-10(3)17-8-11/h7-9,14H,4-6H2,1-3H3. The summed E-state index contributed by atoms with van der Waals surface area (Å²) in [5.41, 5.74) is 1.02. The molecule has 0 unspecified atom stereocenters. The van der Waals surface area contributed by atoms with E-state index in [1.807, 2.05) is 13.0 Å². The Morgan fingerprint density at radius 2 is 2.22 bits per heavy atom. The van der Waals surface area contributed by atoms with Crippen LogP contribution in [0, 0.1) is 6.92 Å². The molecule has 0 aromatic carbocycles. The highest BCUT2D eigenvalue weighted by atomic mass is 32.1. The molecule has 2 aromatic heterocycles. The number of hydrogen-bond donors (Lipinski definition) is 1. The van der Waals surface area contributed by atoms with E-state index in [1.54, 1.807) is 17.6 Å². The van der Waals surface area contributed by atoms with Gasteiger partial charge in [-0.3, -0.25) is 0 Å². The third-order valence-electron chi connectivity index (χ3n) is 2.56. The molecule has 98 valence electrons. The molecular weight excluding hydrogens is 246 g/mol. The van der Waals surface area contributed by atoms with Crippen LogP contribution in [-0.4, -0.2) is 22.8 Å². The van der Waals surface area contributed by atoms with E-state index in [9.17, 15) is 0 Å². The normalized spacial score (nSPS) is 11.3. The van der Waals surface area contributed by atoms with Crippen molar-refractivity contribution in [3.8, 4) is 10.6 Å². The topological polar surface area (TPSA) is 51.0 Å². The molecule has 0 spiro atoms. The highest BCUT2D eigenvalue weighted by molar-refractivity contribution is 7.14. The Labute approximate surface area is 111 Å². The van der Waals surface area contributed by atoms with Gasteiger partial charge in [-0.15, -0.1) is 10.2 Å². The Morgan fingerprint density at radius 3 is 2.89 bits per heavy atom. The molecule has 0 radical (unpaired) electrons. The minimum atomic E-state index is 0.545. The Bertz CT molecular complexity index is 490. The zero-order valence-electron chi connectivity index (χ0n) is 11.1. The minimum Gasteiger partial charge on any atom is -0.469 e. The van der Waals surface area contributed by atoms with Crippen LogP contribution in [0.15, 0.2) is 16.7 Å². The quantitative estimate of drug-likeness (QED) is 0.816. The fraction of sp³-hybridized carbons (Fsp3) is 0.538. The first-order chi connectivity index (χ1) is 8.65. The molecule has 0 aliphatic rings. The molecule has 0 aliphatic carbocycles. The highest BCUT2D eigenvalue weighted by Crippen LogP contribution is 2.25. The molecule has 0 atom stereocenters. The average Bonchev–Trinajstić information content (AvgIpc) is 2.93. The highest BCUT2D eigenvalue weighted by Gasteiger charge is 2.08. The van der Waals surface area contributed by atoms with Crippen LogP contribution in [-0.2, 0) is 6.42 Å². The molecule has 0 aliphatic heterocycles. The van der Waals surface area contributed by atoms with Gasteiger partial charge in [-0.1, -0.05) is 25.2 Å². The zero-order valence-corrected chi connectivity index (χ0v) is 11.9. The van der Waals surface area contributed by atoms with Crippen LogP contribution in [0.2, 0.25) is 0 Å². The Kier molecular flexibility index (Phi) is 4.49. The Morgan fingerprint density at radius 1 is 1.39 bits per heavy atom. The largest absolute Gasteiger partial charge is 0.469 e. The van der Waals surface area contributed by atoms with Crippen LogP contribution in [0.4, 0.5) is 0 Å². The van der Waals surface area contributed by atoms with E-state index in [1.165, 1.54) is 0 Å². The van der Waals surface area contributed by atoms with E-state index < -0.39 is 0 Å². The third kappa shape index (κ3) is 3.65. The molecule has 0 bridgehead atoms. The molecule has 0 saturated carbocycles. The Hall–Kier alpha value is -1.20. The van der Waals surface area contributed by atoms with E-state index in [2.05, 4.69) is 29.4 Å². The van der Waals surface area contributed by atoms with Crippen molar-refractivity contribution in [2.75, 3.05) is 6.54 Å². The first-order valence-electron chi connectivity index (χ1n) is 6.26. The third-order valence-corrected chi connectivity index (χ3v) is 3.60. The van der Waals surface area contributed by atoms with Crippen molar-refractivity contribution < 1.29 is 4.42 Å². The average molecular weight is 265 g/mol. The molecule has 0 fully saturated rings. The maximum Gasteiger partial charge on any atom is 0.151 e. The Balaban J connectivity index is 1.86. The second-order valence-electron chi connectivity index (χ2n) is 4.66. The van der Waals surface area contributed by atoms with Crippen molar-refractivity contribution in [2.24, 2.45) is 0 Å². The molecule has 2 aromatic rings. The van der Waals surface area contributed by atoms with Gasteiger partial charge in [0.1, 0.15) is 17.0 Å². The van der Waals surface area contributed by atoms with Gasteiger partial charge < -0.3 is 9.73 Å². The monoisotopic (exact) mass is 265 g/mol. The van der Waals surface area contributed by atoms with Gasteiger partial charge >= 0.3 is 0 Å². The minimum absolute atomic E-state index is 0.545. The van der Waals surface area contributed by atoms with E-state index >= 15 is 0 Å². The van der Waals surface area contributed by atoms with Gasteiger partial charge in [-0.25, -0.2) is 0 Å². The number of aromatic nitrogens is 2. The molecular formula is C13H19N3OS. The fourth-order valence-electron chi connectivity index (χ4n) is 1.66. The van der Waals surface area contributed by atoms with Crippen molar-refractivity contribution >= 4 is 11.3 Å². The number of nitrogens with zero attached hydrogens (tertiary/aromatic N) is 2. The smallest absolute Gasteiger partial charge is 0.151 e. The predicted molar refractivity (Wildman–Crippen MR) is 73.8 cm³/mol. The maximum absolute atomic E-state index is 5.28. The van der Waals surface area contributed by atoms with Crippen molar-refractivity contribution in [3.05, 3.63) is 23.1 Å². The van der Waals surface area contributed by atoms with Gasteiger partial charge in [0, 0.05) is 12.5 Å². The summed E-state index contributed by atoms with van der Waals surface area (Å²) in [4.78, 5) is 0. The zero-order chi connectivity index (χ0) is 13.0. The number of furan rings is 1. The number of rotatable bonds is 6. The van der Waals surface area contributed by atoms with Crippen LogP contribution in [0.3, 0.4) is 0 Å². The molecule has 4 nitrogen and oxygen atoms in total. The second kappa shape index (κ2) is 6.11.